The molecule has 0 saturated heterocycles. The predicted octanol–water partition coefficient (Wildman–Crippen LogP) is -2.50. The van der Waals surface area contributed by atoms with Crippen molar-refractivity contribution in [1.29, 1.82) is 0 Å². The number of hydrogen-bond acceptors (Lipinski definition) is 6. The number of aliphatic carboxylic acids is 2. The Morgan fingerprint density at radius 3 is 2.12 bits per heavy atom. The highest BCUT2D eigenvalue weighted by molar-refractivity contribution is 5.90. The Hall–Kier alpha value is -2.90. The van der Waals surface area contributed by atoms with Gasteiger partial charge >= 0.3 is 0 Å². The van der Waals surface area contributed by atoms with Crippen molar-refractivity contribution in [1.82, 2.24) is 10.6 Å². The zero-order valence-corrected chi connectivity index (χ0v) is 13.1. The third-order valence-electron chi connectivity index (χ3n) is 3.21. The van der Waals surface area contributed by atoms with Crippen LogP contribution in [0.1, 0.15) is 25.3 Å². The van der Waals surface area contributed by atoms with Gasteiger partial charge in [-0.2, -0.15) is 0 Å². The molecular formula is C16H18N2O6-2. The Labute approximate surface area is 138 Å². The van der Waals surface area contributed by atoms with Gasteiger partial charge in [0.2, 0.25) is 11.8 Å². The molecule has 2 atom stereocenters. The smallest absolute Gasteiger partial charge is 0.243 e. The maximum absolute atomic E-state index is 12.3. The maximum atomic E-state index is 12.3. The van der Waals surface area contributed by atoms with Gasteiger partial charge in [0.05, 0.1) is 12.0 Å². The molecule has 0 radical (unpaired) electrons. The lowest BCUT2D eigenvalue weighted by atomic mass is 10.0. The fourth-order valence-electron chi connectivity index (χ4n) is 2.09. The van der Waals surface area contributed by atoms with Gasteiger partial charge in [-0.05, 0) is 18.4 Å². The van der Waals surface area contributed by atoms with Gasteiger partial charge in [0.1, 0.15) is 6.04 Å². The molecule has 0 heterocycles. The van der Waals surface area contributed by atoms with Crippen LogP contribution in [-0.2, 0) is 25.6 Å². The number of amides is 2. The minimum Gasteiger partial charge on any atom is -0.550 e. The minimum absolute atomic E-state index is 0.159. The van der Waals surface area contributed by atoms with Crippen molar-refractivity contribution in [2.45, 2.75) is 38.3 Å². The monoisotopic (exact) mass is 334 g/mol. The summed E-state index contributed by atoms with van der Waals surface area (Å²) in [5, 5.41) is 26.1. The van der Waals surface area contributed by atoms with Crippen LogP contribution < -0.4 is 20.8 Å². The van der Waals surface area contributed by atoms with Crippen molar-refractivity contribution in [3.05, 3.63) is 35.9 Å². The van der Waals surface area contributed by atoms with E-state index >= 15 is 0 Å². The second kappa shape index (κ2) is 9.29. The van der Waals surface area contributed by atoms with Crippen LogP contribution >= 0.6 is 0 Å². The van der Waals surface area contributed by atoms with Crippen molar-refractivity contribution >= 4 is 23.8 Å². The first-order valence-electron chi connectivity index (χ1n) is 7.31. The van der Waals surface area contributed by atoms with E-state index < -0.39 is 42.3 Å². The van der Waals surface area contributed by atoms with E-state index in [1.165, 1.54) is 6.92 Å². The molecule has 0 spiro atoms. The van der Waals surface area contributed by atoms with Crippen molar-refractivity contribution < 1.29 is 29.4 Å². The lowest BCUT2D eigenvalue weighted by molar-refractivity contribution is -0.310. The molecule has 0 fully saturated rings. The summed E-state index contributed by atoms with van der Waals surface area (Å²) in [4.78, 5) is 45.0. The number of carboxylic acid groups (broad SMARTS) is 2. The highest BCUT2D eigenvalue weighted by atomic mass is 16.4. The third-order valence-corrected chi connectivity index (χ3v) is 3.21. The Morgan fingerprint density at radius 1 is 1.00 bits per heavy atom. The topological polar surface area (TPSA) is 138 Å². The van der Waals surface area contributed by atoms with E-state index in [4.69, 9.17) is 0 Å². The van der Waals surface area contributed by atoms with Crippen molar-refractivity contribution in [3.63, 3.8) is 0 Å². The highest BCUT2D eigenvalue weighted by Gasteiger charge is 2.23. The molecule has 0 aliphatic rings. The van der Waals surface area contributed by atoms with Crippen LogP contribution in [0, 0.1) is 0 Å². The van der Waals surface area contributed by atoms with Crippen molar-refractivity contribution in [3.8, 4) is 0 Å². The molecular weight excluding hydrogens is 316 g/mol. The van der Waals surface area contributed by atoms with Crippen LogP contribution in [0.3, 0.4) is 0 Å². The minimum atomic E-state index is -1.61. The van der Waals surface area contributed by atoms with E-state index in [0.29, 0.717) is 0 Å². The number of carbonyl (C=O) groups excluding carboxylic acids is 4. The van der Waals surface area contributed by atoms with E-state index in [1.807, 2.05) is 0 Å². The summed E-state index contributed by atoms with van der Waals surface area (Å²) in [6.45, 7) is 1.23. The normalized spacial score (nSPS) is 12.7. The predicted molar refractivity (Wildman–Crippen MR) is 78.9 cm³/mol. The van der Waals surface area contributed by atoms with Crippen LogP contribution in [-0.4, -0.2) is 35.8 Å². The van der Waals surface area contributed by atoms with E-state index in [9.17, 15) is 29.4 Å². The number of carbonyl (C=O) groups is 4. The van der Waals surface area contributed by atoms with Gasteiger partial charge in [0.25, 0.3) is 0 Å². The fraction of sp³-hybridized carbons (Fsp3) is 0.375. The molecule has 0 unspecified atom stereocenters. The van der Waals surface area contributed by atoms with Crippen LogP contribution in [0.15, 0.2) is 30.3 Å². The van der Waals surface area contributed by atoms with Crippen LogP contribution in [0.25, 0.3) is 0 Å². The second-order valence-electron chi connectivity index (χ2n) is 5.23. The molecule has 0 saturated carbocycles. The zero-order chi connectivity index (χ0) is 18.1. The summed E-state index contributed by atoms with van der Waals surface area (Å²) in [7, 11) is 0. The molecule has 130 valence electrons. The van der Waals surface area contributed by atoms with Crippen LogP contribution in [0.2, 0.25) is 0 Å². The van der Waals surface area contributed by atoms with Gasteiger partial charge in [-0.25, -0.2) is 0 Å². The van der Waals surface area contributed by atoms with Gasteiger partial charge in [-0.15, -0.1) is 0 Å². The first kappa shape index (κ1) is 19.1. The van der Waals surface area contributed by atoms with Crippen molar-refractivity contribution in [2.24, 2.45) is 0 Å². The van der Waals surface area contributed by atoms with E-state index in [-0.39, 0.29) is 12.8 Å². The van der Waals surface area contributed by atoms with Crippen LogP contribution in [0.5, 0.6) is 0 Å². The molecule has 0 aromatic heterocycles. The van der Waals surface area contributed by atoms with E-state index in [1.54, 1.807) is 30.3 Å². The summed E-state index contributed by atoms with van der Waals surface area (Å²) in [6.07, 6.45) is -0.747. The number of hydrogen-bond donors (Lipinski definition) is 2. The Morgan fingerprint density at radius 2 is 1.62 bits per heavy atom. The summed E-state index contributed by atoms with van der Waals surface area (Å²) in [5.41, 5.74) is 0.770. The molecule has 2 N–H and O–H groups in total. The summed E-state index contributed by atoms with van der Waals surface area (Å²) in [6, 6.07) is 6.37. The first-order chi connectivity index (χ1) is 11.3. The second-order valence-corrected chi connectivity index (χ2v) is 5.23. The summed E-state index contributed by atoms with van der Waals surface area (Å²) >= 11 is 0. The Bertz CT molecular complexity index is 602. The molecule has 24 heavy (non-hydrogen) atoms. The molecule has 1 aromatic carbocycles. The maximum Gasteiger partial charge on any atom is 0.243 e. The zero-order valence-electron chi connectivity index (χ0n) is 13.1. The number of rotatable bonds is 9. The lowest BCUT2D eigenvalue weighted by Gasteiger charge is -2.24. The quantitative estimate of drug-likeness (QED) is 0.512. The van der Waals surface area contributed by atoms with E-state index in [2.05, 4.69) is 10.6 Å². The lowest BCUT2D eigenvalue weighted by Crippen LogP contribution is -2.55. The SMILES string of the molecule is CC(=O)N[C@@H](Cc1ccccc1)C(=O)N[C@H](CCC(=O)[O-])C(=O)[O-]. The molecule has 0 aliphatic carbocycles. The van der Waals surface area contributed by atoms with Gasteiger partial charge in [-0.3, -0.25) is 9.59 Å². The summed E-state index contributed by atoms with van der Waals surface area (Å²) < 4.78 is 0. The standard InChI is InChI=1S/C16H20N2O6/c1-10(19)17-13(9-11-5-3-2-4-6-11)15(22)18-12(16(23)24)7-8-14(20)21/h2-6,12-13H,7-9H2,1H3,(H,17,19)(H,18,22)(H,20,21)(H,23,24)/p-2/t12-,13+/m1/s1. The molecule has 8 nitrogen and oxygen atoms in total. The third kappa shape index (κ3) is 6.91. The van der Waals surface area contributed by atoms with E-state index in [0.717, 1.165) is 5.56 Å². The molecule has 8 heteroatoms. The van der Waals surface area contributed by atoms with Gasteiger partial charge in [0, 0.05) is 19.3 Å². The first-order valence-corrected chi connectivity index (χ1v) is 7.31. The largest absolute Gasteiger partial charge is 0.550 e. The number of carboxylic acids is 2. The number of nitrogens with one attached hydrogen (secondary N) is 2. The molecule has 0 aliphatic heterocycles. The average Bonchev–Trinajstić information content (AvgIpc) is 2.50. The van der Waals surface area contributed by atoms with Gasteiger partial charge in [0.15, 0.2) is 0 Å². The van der Waals surface area contributed by atoms with Crippen molar-refractivity contribution in [2.75, 3.05) is 0 Å². The fourth-order valence-corrected chi connectivity index (χ4v) is 2.09. The van der Waals surface area contributed by atoms with Gasteiger partial charge < -0.3 is 30.4 Å². The van der Waals surface area contributed by atoms with Crippen LogP contribution in [0.4, 0.5) is 0 Å². The molecule has 1 rings (SSSR count). The Kier molecular flexibility index (Phi) is 7.41. The Balaban J connectivity index is 2.79. The number of benzene rings is 1. The summed E-state index contributed by atoms with van der Waals surface area (Å²) in [5.74, 6) is -4.23. The molecule has 1 aromatic rings. The molecule has 2 amide bonds. The van der Waals surface area contributed by atoms with Gasteiger partial charge in [-0.1, -0.05) is 30.3 Å². The average molecular weight is 334 g/mol. The molecule has 0 bridgehead atoms. The highest BCUT2D eigenvalue weighted by Crippen LogP contribution is 2.05.